The summed E-state index contributed by atoms with van der Waals surface area (Å²) in [5, 5.41) is 14.8. The summed E-state index contributed by atoms with van der Waals surface area (Å²) in [5.41, 5.74) is 0. The van der Waals surface area contributed by atoms with Crippen molar-refractivity contribution < 1.29 is 9.57 Å². The van der Waals surface area contributed by atoms with E-state index in [1.54, 1.807) is 0 Å². The normalized spacial score (nSPS) is 9.82. The van der Waals surface area contributed by atoms with Crippen LogP contribution in [0.1, 0.15) is 13.8 Å². The molecule has 68 valence electrons. The summed E-state index contributed by atoms with van der Waals surface area (Å²) in [6.45, 7) is 6.89. The first-order valence-corrected chi connectivity index (χ1v) is 3.49. The van der Waals surface area contributed by atoms with Gasteiger partial charge < -0.3 is 19.8 Å². The number of quaternary nitrogens is 1. The van der Waals surface area contributed by atoms with E-state index in [1.807, 2.05) is 0 Å². The van der Waals surface area contributed by atoms with E-state index in [1.165, 1.54) is 13.1 Å². The van der Waals surface area contributed by atoms with Crippen molar-refractivity contribution >= 4 is 0 Å². The van der Waals surface area contributed by atoms with Gasteiger partial charge in [0, 0.05) is 0 Å². The molecule has 0 aliphatic rings. The van der Waals surface area contributed by atoms with Gasteiger partial charge in [0.05, 0.1) is 32.3 Å². The highest BCUT2D eigenvalue weighted by atomic mass is 16.9. The van der Waals surface area contributed by atoms with Crippen LogP contribution in [0.25, 0.3) is 0 Å². The predicted octanol–water partition coefficient (Wildman–Crippen LogP) is 0.864. The minimum absolute atomic E-state index is 1.14. The van der Waals surface area contributed by atoms with Crippen LogP contribution in [0.3, 0.4) is 0 Å². The molecular weight excluding hydrogens is 148 g/mol. The summed E-state index contributed by atoms with van der Waals surface area (Å²) >= 11 is 0. The molecule has 0 aromatic heterocycles. The average Bonchev–Trinajstić information content (AvgIpc) is 1.87. The lowest BCUT2D eigenvalue weighted by atomic mass is 10.5. The molecule has 11 heavy (non-hydrogen) atoms. The zero-order chi connectivity index (χ0) is 9.49. The molecule has 0 aliphatic carbocycles. The van der Waals surface area contributed by atoms with Gasteiger partial charge >= 0.3 is 0 Å². The number of rotatable bonds is 2. The van der Waals surface area contributed by atoms with Gasteiger partial charge in [-0.05, 0) is 13.8 Å². The summed E-state index contributed by atoms with van der Waals surface area (Å²) in [5.74, 6) is 0. The maximum Gasteiger partial charge on any atom is 0.0753 e. The third-order valence-corrected chi connectivity index (χ3v) is 1.71. The van der Waals surface area contributed by atoms with Gasteiger partial charge in [0.15, 0.2) is 0 Å². The van der Waals surface area contributed by atoms with Crippen molar-refractivity contribution in [2.45, 2.75) is 13.8 Å². The highest BCUT2D eigenvalue weighted by Gasteiger charge is 2.04. The third kappa shape index (κ3) is 17.6. The topological polar surface area (TPSA) is 66.2 Å². The van der Waals surface area contributed by atoms with Gasteiger partial charge in [-0.25, -0.2) is 0 Å². The van der Waals surface area contributed by atoms with E-state index in [2.05, 4.69) is 27.9 Å². The predicted molar refractivity (Wildman–Crippen MR) is 43.6 cm³/mol. The monoisotopic (exact) mass is 164 g/mol. The molecule has 0 N–H and O–H groups in total. The standard InChI is InChI=1S/C6H16N.NO3/c1-5-7(3,4)6-2;2-1(3)4/h5-6H2,1-4H3;/q+1;-1. The summed E-state index contributed by atoms with van der Waals surface area (Å²) in [6, 6.07) is 0. The fourth-order valence-electron chi connectivity index (χ4n) is 0.224. The maximum absolute atomic E-state index is 8.25. The van der Waals surface area contributed by atoms with Gasteiger partial charge in [-0.15, -0.1) is 0 Å². The molecule has 0 saturated carbocycles. The van der Waals surface area contributed by atoms with Crippen molar-refractivity contribution in [3.8, 4) is 0 Å². The largest absolute Gasteiger partial charge is 0.356 e. The fraction of sp³-hybridized carbons (Fsp3) is 1.00. The number of nitrogens with zero attached hydrogens (tertiary/aromatic N) is 2. The van der Waals surface area contributed by atoms with Crippen LogP contribution in [0.5, 0.6) is 0 Å². The molecular formula is C6H16N2O3. The van der Waals surface area contributed by atoms with Crippen molar-refractivity contribution in [3.05, 3.63) is 15.3 Å². The lowest BCUT2D eigenvalue weighted by Gasteiger charge is -2.25. The molecule has 0 rings (SSSR count). The van der Waals surface area contributed by atoms with Crippen LogP contribution < -0.4 is 0 Å². The zero-order valence-corrected chi connectivity index (χ0v) is 7.53. The Kier molecular flexibility index (Phi) is 6.88. The van der Waals surface area contributed by atoms with E-state index < -0.39 is 5.09 Å². The molecule has 0 amide bonds. The van der Waals surface area contributed by atoms with Crippen molar-refractivity contribution in [2.75, 3.05) is 27.2 Å². The first-order chi connectivity index (χ1) is 4.85. The Hall–Kier alpha value is -0.840. The second-order valence-corrected chi connectivity index (χ2v) is 2.79. The van der Waals surface area contributed by atoms with Gasteiger partial charge in [-0.2, -0.15) is 0 Å². The summed E-state index contributed by atoms with van der Waals surface area (Å²) in [7, 11) is 4.47. The highest BCUT2D eigenvalue weighted by molar-refractivity contribution is 4.17. The molecule has 0 spiro atoms. The smallest absolute Gasteiger partial charge is 0.0753 e. The molecule has 0 aliphatic heterocycles. The average molecular weight is 164 g/mol. The van der Waals surface area contributed by atoms with Crippen LogP contribution >= 0.6 is 0 Å². The third-order valence-electron chi connectivity index (χ3n) is 1.71. The SMILES string of the molecule is CC[N+](C)(C)CC.O=[N+]([O-])[O-]. The van der Waals surface area contributed by atoms with Gasteiger partial charge in [0.2, 0.25) is 0 Å². The Morgan fingerprint density at radius 2 is 1.36 bits per heavy atom. The molecule has 0 aromatic rings. The molecule has 0 radical (unpaired) electrons. The molecule has 0 unspecified atom stereocenters. The van der Waals surface area contributed by atoms with E-state index >= 15 is 0 Å². The second kappa shape index (κ2) is 5.91. The van der Waals surface area contributed by atoms with Crippen LogP contribution in [0.15, 0.2) is 0 Å². The Morgan fingerprint density at radius 3 is 1.36 bits per heavy atom. The van der Waals surface area contributed by atoms with E-state index in [0.717, 1.165) is 4.48 Å². The minimum Gasteiger partial charge on any atom is -0.356 e. The Morgan fingerprint density at radius 1 is 1.18 bits per heavy atom. The number of hydrogen-bond acceptors (Lipinski definition) is 3. The molecule has 0 fully saturated rings. The van der Waals surface area contributed by atoms with Crippen LogP contribution in [-0.2, 0) is 0 Å². The van der Waals surface area contributed by atoms with Crippen LogP contribution in [0.2, 0.25) is 0 Å². The number of hydrogen-bond donors (Lipinski definition) is 0. The van der Waals surface area contributed by atoms with Crippen molar-refractivity contribution in [1.82, 2.24) is 0 Å². The Balaban J connectivity index is 0. The van der Waals surface area contributed by atoms with Crippen LogP contribution in [-0.4, -0.2) is 36.8 Å². The highest BCUT2D eigenvalue weighted by Crippen LogP contribution is 1.91. The molecule has 0 saturated heterocycles. The maximum atomic E-state index is 8.25. The minimum atomic E-state index is -1.75. The zero-order valence-electron chi connectivity index (χ0n) is 7.53. The van der Waals surface area contributed by atoms with E-state index in [4.69, 9.17) is 15.3 Å². The Bertz CT molecular complexity index is 104. The molecule has 0 atom stereocenters. The van der Waals surface area contributed by atoms with Crippen molar-refractivity contribution in [3.63, 3.8) is 0 Å². The molecule has 0 heterocycles. The van der Waals surface area contributed by atoms with Crippen LogP contribution in [0.4, 0.5) is 0 Å². The lowest BCUT2D eigenvalue weighted by molar-refractivity contribution is -0.886. The first-order valence-electron chi connectivity index (χ1n) is 3.49. The van der Waals surface area contributed by atoms with E-state index in [-0.39, 0.29) is 0 Å². The van der Waals surface area contributed by atoms with Crippen molar-refractivity contribution in [2.24, 2.45) is 0 Å². The van der Waals surface area contributed by atoms with Crippen LogP contribution in [0, 0.1) is 15.3 Å². The molecule has 5 nitrogen and oxygen atoms in total. The Labute approximate surface area is 66.9 Å². The molecule has 0 bridgehead atoms. The van der Waals surface area contributed by atoms with Crippen molar-refractivity contribution in [1.29, 1.82) is 0 Å². The molecule has 5 heteroatoms. The summed E-state index contributed by atoms with van der Waals surface area (Å²) < 4.78 is 1.14. The van der Waals surface area contributed by atoms with E-state index in [9.17, 15) is 0 Å². The van der Waals surface area contributed by atoms with Gasteiger partial charge in [0.25, 0.3) is 0 Å². The van der Waals surface area contributed by atoms with Gasteiger partial charge in [-0.3, -0.25) is 0 Å². The summed E-state index contributed by atoms with van der Waals surface area (Å²) in [4.78, 5) is 8.25. The van der Waals surface area contributed by atoms with E-state index in [0.29, 0.717) is 0 Å². The fourth-order valence-corrected chi connectivity index (χ4v) is 0.224. The van der Waals surface area contributed by atoms with Gasteiger partial charge in [0.1, 0.15) is 0 Å². The molecule has 0 aromatic carbocycles. The summed E-state index contributed by atoms with van der Waals surface area (Å²) in [6.07, 6.45) is 0. The van der Waals surface area contributed by atoms with Gasteiger partial charge in [-0.1, -0.05) is 0 Å². The second-order valence-electron chi connectivity index (χ2n) is 2.79. The quantitative estimate of drug-likeness (QED) is 0.345. The lowest BCUT2D eigenvalue weighted by Crippen LogP contribution is -2.38. The first kappa shape index (κ1) is 12.8.